The molecule has 0 unspecified atom stereocenters. The molecule has 4 aromatic rings. The van der Waals surface area contributed by atoms with E-state index in [0.29, 0.717) is 47.8 Å². The summed E-state index contributed by atoms with van der Waals surface area (Å²) in [6, 6.07) is 13.3. The second-order valence-electron chi connectivity index (χ2n) is 9.05. The van der Waals surface area contributed by atoms with Crippen LogP contribution in [-0.4, -0.2) is 34.6 Å². The monoisotopic (exact) mass is 515 g/mol. The van der Waals surface area contributed by atoms with Gasteiger partial charge < -0.3 is 9.64 Å². The summed E-state index contributed by atoms with van der Waals surface area (Å²) in [5.41, 5.74) is 3.24. The van der Waals surface area contributed by atoms with Crippen LogP contribution in [0.1, 0.15) is 39.6 Å². The lowest BCUT2D eigenvalue weighted by Gasteiger charge is -2.41. The van der Waals surface area contributed by atoms with E-state index in [-0.39, 0.29) is 23.9 Å². The van der Waals surface area contributed by atoms with E-state index in [1.807, 2.05) is 4.90 Å². The van der Waals surface area contributed by atoms with Gasteiger partial charge in [-0.3, -0.25) is 9.20 Å². The Kier molecular flexibility index (Phi) is 6.35. The summed E-state index contributed by atoms with van der Waals surface area (Å²) in [6.45, 7) is 2.74. The average Bonchev–Trinajstić information content (AvgIpc) is 3.12. The van der Waals surface area contributed by atoms with Crippen LogP contribution in [0.2, 0.25) is 0 Å². The van der Waals surface area contributed by atoms with Crippen molar-refractivity contribution < 1.29 is 31.5 Å². The third kappa shape index (κ3) is 5.28. The van der Waals surface area contributed by atoms with Gasteiger partial charge in [0.2, 0.25) is 0 Å². The average molecular weight is 515 g/mol. The molecule has 0 radical (unpaired) electrons. The molecule has 3 heterocycles. The third-order valence-corrected chi connectivity index (χ3v) is 6.48. The van der Waals surface area contributed by atoms with Crippen molar-refractivity contribution in [1.29, 1.82) is 0 Å². The number of carbonyl (C=O) groups excluding carboxylic acids is 1. The topological polar surface area (TPSA) is 46.8 Å². The van der Waals surface area contributed by atoms with Gasteiger partial charge in [0.05, 0.1) is 11.4 Å². The van der Waals surface area contributed by atoms with Gasteiger partial charge in [0.1, 0.15) is 28.7 Å². The fourth-order valence-corrected chi connectivity index (χ4v) is 4.64. The number of hydrogen-bond donors (Lipinski definition) is 0. The van der Waals surface area contributed by atoms with E-state index in [9.17, 15) is 26.7 Å². The SMILES string of the molecule is Cc1nc2ccc(F)cn2c1C(=O)CCc1ccc(N2CC(c3ccc(OC(F)(F)F)cc3)C2)c(F)c1. The normalized spacial score (nSPS) is 14.2. The number of ether oxygens (including phenoxy) is 1. The highest BCUT2D eigenvalue weighted by atomic mass is 19.4. The molecule has 0 saturated carbocycles. The number of Topliss-reactive ketones (excluding diaryl/α,β-unsaturated/α-hetero) is 1. The molecule has 10 heteroatoms. The molecule has 1 fully saturated rings. The number of halogens is 5. The quantitative estimate of drug-likeness (QED) is 0.216. The summed E-state index contributed by atoms with van der Waals surface area (Å²) in [5.74, 6) is -1.31. The number of nitrogens with zero attached hydrogens (tertiary/aromatic N) is 3. The van der Waals surface area contributed by atoms with Gasteiger partial charge in [-0.2, -0.15) is 0 Å². The Morgan fingerprint density at radius 1 is 1.05 bits per heavy atom. The zero-order valence-corrected chi connectivity index (χ0v) is 19.7. The van der Waals surface area contributed by atoms with E-state index in [2.05, 4.69) is 9.72 Å². The van der Waals surface area contributed by atoms with Gasteiger partial charge in [0.25, 0.3) is 0 Å². The van der Waals surface area contributed by atoms with Crippen LogP contribution in [0.3, 0.4) is 0 Å². The van der Waals surface area contributed by atoms with Gasteiger partial charge in [0.15, 0.2) is 5.78 Å². The molecule has 0 N–H and O–H groups in total. The first-order valence-corrected chi connectivity index (χ1v) is 11.6. The smallest absolute Gasteiger partial charge is 0.406 e. The Morgan fingerprint density at radius 3 is 2.46 bits per heavy atom. The number of benzene rings is 2. The van der Waals surface area contributed by atoms with Crippen molar-refractivity contribution in [2.24, 2.45) is 0 Å². The Balaban J connectivity index is 1.19. The van der Waals surface area contributed by atoms with Crippen LogP contribution in [0, 0.1) is 18.6 Å². The van der Waals surface area contributed by atoms with Crippen LogP contribution in [0.4, 0.5) is 27.6 Å². The molecule has 1 aliphatic heterocycles. The molecule has 0 bridgehead atoms. The Labute approximate surface area is 209 Å². The van der Waals surface area contributed by atoms with Gasteiger partial charge in [0, 0.05) is 31.6 Å². The first-order chi connectivity index (χ1) is 17.6. The Bertz CT molecular complexity index is 1460. The number of alkyl halides is 3. The third-order valence-electron chi connectivity index (χ3n) is 6.48. The highest BCUT2D eigenvalue weighted by molar-refractivity contribution is 5.96. The minimum Gasteiger partial charge on any atom is -0.406 e. The van der Waals surface area contributed by atoms with E-state index >= 15 is 0 Å². The first kappa shape index (κ1) is 24.7. The number of carbonyl (C=O) groups is 1. The molecular weight excluding hydrogens is 493 g/mol. The molecular formula is C27H22F5N3O2. The van der Waals surface area contributed by atoms with Crippen LogP contribution in [0.15, 0.2) is 60.8 Å². The minimum atomic E-state index is -4.74. The number of fused-ring (bicyclic) bond motifs is 1. The predicted molar refractivity (Wildman–Crippen MR) is 127 cm³/mol. The highest BCUT2D eigenvalue weighted by Gasteiger charge is 2.32. The number of ketones is 1. The van der Waals surface area contributed by atoms with Crippen LogP contribution in [0.5, 0.6) is 5.75 Å². The van der Waals surface area contributed by atoms with Crippen molar-refractivity contribution in [2.45, 2.75) is 32.0 Å². The second-order valence-corrected chi connectivity index (χ2v) is 9.05. The van der Waals surface area contributed by atoms with Crippen LogP contribution in [-0.2, 0) is 6.42 Å². The largest absolute Gasteiger partial charge is 0.573 e. The second kappa shape index (κ2) is 9.49. The lowest BCUT2D eigenvalue weighted by Crippen LogP contribution is -2.45. The first-order valence-electron chi connectivity index (χ1n) is 11.6. The number of imidazole rings is 1. The summed E-state index contributed by atoms with van der Waals surface area (Å²) < 4.78 is 70.8. The molecule has 2 aromatic carbocycles. The van der Waals surface area contributed by atoms with E-state index in [1.54, 1.807) is 31.2 Å². The Hall–Kier alpha value is -3.95. The molecule has 0 aliphatic carbocycles. The standard InChI is InChI=1S/C27H22F5N3O2/c1-16-26(35-15-20(28)6-11-25(35)33-16)24(36)10-3-17-2-9-23(22(29)12-17)34-13-19(14-34)18-4-7-21(8-5-18)37-27(30,31)32/h2,4-9,11-12,15,19H,3,10,13-14H2,1H3. The van der Waals surface area contributed by atoms with E-state index < -0.39 is 18.0 Å². The van der Waals surface area contributed by atoms with Crippen molar-refractivity contribution in [1.82, 2.24) is 9.38 Å². The maximum Gasteiger partial charge on any atom is 0.573 e. The van der Waals surface area contributed by atoms with Crippen LogP contribution < -0.4 is 9.64 Å². The van der Waals surface area contributed by atoms with Gasteiger partial charge in [-0.05, 0) is 60.9 Å². The number of rotatable bonds is 7. The molecule has 1 aliphatic rings. The van der Waals surface area contributed by atoms with Gasteiger partial charge in [-0.1, -0.05) is 18.2 Å². The number of pyridine rings is 1. The highest BCUT2D eigenvalue weighted by Crippen LogP contribution is 2.34. The Morgan fingerprint density at radius 2 is 1.78 bits per heavy atom. The maximum absolute atomic E-state index is 14.9. The minimum absolute atomic E-state index is 0.0650. The fraction of sp³-hybridized carbons (Fsp3) is 0.259. The zero-order valence-electron chi connectivity index (χ0n) is 19.7. The number of hydrogen-bond acceptors (Lipinski definition) is 4. The summed E-state index contributed by atoms with van der Waals surface area (Å²) in [7, 11) is 0. The van der Waals surface area contributed by atoms with Gasteiger partial charge in [-0.25, -0.2) is 13.8 Å². The van der Waals surface area contributed by atoms with Crippen LogP contribution >= 0.6 is 0 Å². The number of aromatic nitrogens is 2. The summed E-state index contributed by atoms with van der Waals surface area (Å²) in [6.07, 6.45) is -3.09. The zero-order chi connectivity index (χ0) is 26.3. The molecule has 2 aromatic heterocycles. The fourth-order valence-electron chi connectivity index (χ4n) is 4.64. The van der Waals surface area contributed by atoms with E-state index in [4.69, 9.17) is 0 Å². The number of anilines is 1. The molecule has 37 heavy (non-hydrogen) atoms. The molecule has 0 atom stereocenters. The van der Waals surface area contributed by atoms with E-state index in [1.165, 1.54) is 40.9 Å². The maximum atomic E-state index is 14.9. The lowest BCUT2D eigenvalue weighted by atomic mass is 9.90. The van der Waals surface area contributed by atoms with Gasteiger partial charge >= 0.3 is 6.36 Å². The molecule has 0 amide bonds. The summed E-state index contributed by atoms with van der Waals surface area (Å²) in [5, 5.41) is 0. The summed E-state index contributed by atoms with van der Waals surface area (Å²) >= 11 is 0. The van der Waals surface area contributed by atoms with Crippen LogP contribution in [0.25, 0.3) is 5.65 Å². The lowest BCUT2D eigenvalue weighted by molar-refractivity contribution is -0.274. The van der Waals surface area contributed by atoms with Crippen molar-refractivity contribution in [3.05, 3.63) is 94.9 Å². The van der Waals surface area contributed by atoms with Gasteiger partial charge in [-0.15, -0.1) is 13.2 Å². The molecule has 5 nitrogen and oxygen atoms in total. The van der Waals surface area contributed by atoms with Crippen molar-refractivity contribution >= 4 is 17.1 Å². The van der Waals surface area contributed by atoms with E-state index in [0.717, 1.165) is 5.56 Å². The molecule has 5 rings (SSSR count). The molecule has 0 spiro atoms. The molecule has 192 valence electrons. The number of aryl methyl sites for hydroxylation is 2. The molecule has 1 saturated heterocycles. The predicted octanol–water partition coefficient (Wildman–Crippen LogP) is 6.24. The van der Waals surface area contributed by atoms with Crippen molar-refractivity contribution in [3.63, 3.8) is 0 Å². The van der Waals surface area contributed by atoms with Crippen molar-refractivity contribution in [3.8, 4) is 5.75 Å². The summed E-state index contributed by atoms with van der Waals surface area (Å²) in [4.78, 5) is 19.0. The van der Waals surface area contributed by atoms with Crippen molar-refractivity contribution in [2.75, 3.05) is 18.0 Å².